The molecule has 112 valence electrons. The summed E-state index contributed by atoms with van der Waals surface area (Å²) in [6.45, 7) is 2.18. The van der Waals surface area contributed by atoms with E-state index >= 15 is 0 Å². The third kappa shape index (κ3) is 3.74. The molecule has 0 atom stereocenters. The molecule has 0 spiro atoms. The monoisotopic (exact) mass is 296 g/mol. The van der Waals surface area contributed by atoms with Crippen LogP contribution in [0.1, 0.15) is 23.1 Å². The lowest BCUT2D eigenvalue weighted by Gasteiger charge is -2.13. The van der Waals surface area contributed by atoms with Crippen molar-refractivity contribution >= 4 is 13.3 Å². The maximum atomic E-state index is 6.42. The Morgan fingerprint density at radius 2 is 1.35 bits per heavy atom. The second-order valence-electron chi connectivity index (χ2n) is 6.02. The molecule has 0 saturated carbocycles. The molecule has 2 radical (unpaired) electrons. The summed E-state index contributed by atoms with van der Waals surface area (Å²) in [5.41, 5.74) is 7.30. The van der Waals surface area contributed by atoms with Crippen LogP contribution in [0.5, 0.6) is 0 Å². The van der Waals surface area contributed by atoms with Crippen LogP contribution in [0.2, 0.25) is 0 Å². The van der Waals surface area contributed by atoms with E-state index < -0.39 is 0 Å². The van der Waals surface area contributed by atoms with E-state index in [1.54, 1.807) is 0 Å². The van der Waals surface area contributed by atoms with E-state index in [0.29, 0.717) is 0 Å². The largest absolute Gasteiger partial charge is 0.115 e. The molecule has 0 heterocycles. The van der Waals surface area contributed by atoms with E-state index in [9.17, 15) is 0 Å². The summed E-state index contributed by atoms with van der Waals surface area (Å²) in [5.74, 6) is 0. The van der Waals surface area contributed by atoms with Crippen molar-refractivity contribution in [2.24, 2.45) is 0 Å². The highest BCUT2D eigenvalue weighted by atomic mass is 14.1. The van der Waals surface area contributed by atoms with Crippen LogP contribution in [0.3, 0.4) is 0 Å². The molecule has 0 unspecified atom stereocenters. The molecule has 0 nitrogen and oxygen atoms in total. The highest BCUT2D eigenvalue weighted by molar-refractivity contribution is 6.37. The first-order valence-electron chi connectivity index (χ1n) is 8.23. The van der Waals surface area contributed by atoms with Crippen molar-refractivity contribution in [3.05, 3.63) is 89.5 Å². The first-order chi connectivity index (χ1) is 11.3. The number of aryl methyl sites for hydroxylation is 3. The summed E-state index contributed by atoms with van der Waals surface area (Å²) in [4.78, 5) is 0. The SMILES string of the molecule is [B]c1c(CCCc2ccccc2C)cccc1-c1ccccc1. The zero-order valence-electron chi connectivity index (χ0n) is 13.6. The Hall–Kier alpha value is -2.28. The minimum absolute atomic E-state index is 0.920. The van der Waals surface area contributed by atoms with Crippen LogP contribution in [-0.2, 0) is 12.8 Å². The van der Waals surface area contributed by atoms with Crippen LogP contribution in [0, 0.1) is 6.92 Å². The number of hydrogen-bond donors (Lipinski definition) is 0. The Morgan fingerprint density at radius 3 is 2.13 bits per heavy atom. The topological polar surface area (TPSA) is 0 Å². The molecule has 3 rings (SSSR count). The minimum Gasteiger partial charge on any atom is -0.0858 e. The molecule has 0 aliphatic heterocycles. The van der Waals surface area contributed by atoms with Gasteiger partial charge in [0.1, 0.15) is 7.85 Å². The van der Waals surface area contributed by atoms with Crippen molar-refractivity contribution in [1.82, 2.24) is 0 Å². The van der Waals surface area contributed by atoms with Crippen molar-refractivity contribution in [1.29, 1.82) is 0 Å². The molecule has 23 heavy (non-hydrogen) atoms. The van der Waals surface area contributed by atoms with Gasteiger partial charge in [0.05, 0.1) is 0 Å². The molecule has 0 aliphatic carbocycles. The number of rotatable bonds is 5. The van der Waals surface area contributed by atoms with E-state index in [4.69, 9.17) is 7.85 Å². The van der Waals surface area contributed by atoms with Gasteiger partial charge in [-0.15, -0.1) is 0 Å². The second kappa shape index (κ2) is 7.33. The molecule has 3 aromatic rings. The summed E-state index contributed by atoms with van der Waals surface area (Å²) in [6, 6.07) is 25.4. The average Bonchev–Trinajstić information content (AvgIpc) is 2.59. The lowest BCUT2D eigenvalue weighted by atomic mass is 9.81. The zero-order valence-corrected chi connectivity index (χ0v) is 13.6. The Labute approximate surface area is 140 Å². The van der Waals surface area contributed by atoms with Gasteiger partial charge in [-0.25, -0.2) is 0 Å². The average molecular weight is 296 g/mol. The van der Waals surface area contributed by atoms with Crippen LogP contribution >= 0.6 is 0 Å². The Kier molecular flexibility index (Phi) is 4.97. The van der Waals surface area contributed by atoms with Gasteiger partial charge in [0.15, 0.2) is 0 Å². The lowest BCUT2D eigenvalue weighted by Crippen LogP contribution is -2.14. The molecule has 0 aromatic heterocycles. The maximum absolute atomic E-state index is 6.42. The molecule has 3 aromatic carbocycles. The molecular formula is C22H21B. The van der Waals surface area contributed by atoms with Crippen molar-refractivity contribution < 1.29 is 0 Å². The highest BCUT2D eigenvalue weighted by Crippen LogP contribution is 2.18. The quantitative estimate of drug-likeness (QED) is 0.602. The fourth-order valence-electron chi connectivity index (χ4n) is 3.06. The smallest absolute Gasteiger partial charge is 0.0858 e. The van der Waals surface area contributed by atoms with Crippen molar-refractivity contribution in [3.63, 3.8) is 0 Å². The first kappa shape index (κ1) is 15.6. The van der Waals surface area contributed by atoms with Gasteiger partial charge in [-0.3, -0.25) is 0 Å². The van der Waals surface area contributed by atoms with Gasteiger partial charge < -0.3 is 0 Å². The predicted molar refractivity (Wildman–Crippen MR) is 100 cm³/mol. The molecule has 0 amide bonds. The maximum Gasteiger partial charge on any atom is 0.115 e. The normalized spacial score (nSPS) is 10.7. The lowest BCUT2D eigenvalue weighted by molar-refractivity contribution is 0.819. The van der Waals surface area contributed by atoms with Gasteiger partial charge in [0.25, 0.3) is 0 Å². The van der Waals surface area contributed by atoms with E-state index in [1.165, 1.54) is 22.3 Å². The van der Waals surface area contributed by atoms with Crippen LogP contribution in [-0.4, -0.2) is 7.85 Å². The zero-order chi connectivity index (χ0) is 16.1. The molecule has 0 N–H and O–H groups in total. The standard InChI is InChI=1S/C22H21B/c1-17-9-5-6-10-18(17)13-7-14-20-15-8-16-21(22(20)23)19-11-3-2-4-12-19/h2-6,8-12,15-16H,7,13-14H2,1H3. The number of hydrogen-bond acceptors (Lipinski definition) is 0. The van der Waals surface area contributed by atoms with Crippen molar-refractivity contribution in [2.45, 2.75) is 26.2 Å². The Morgan fingerprint density at radius 1 is 0.696 bits per heavy atom. The van der Waals surface area contributed by atoms with Crippen LogP contribution < -0.4 is 5.46 Å². The molecule has 1 heteroatoms. The second-order valence-corrected chi connectivity index (χ2v) is 6.02. The first-order valence-corrected chi connectivity index (χ1v) is 8.23. The van der Waals surface area contributed by atoms with Gasteiger partial charge in [0.2, 0.25) is 0 Å². The molecule has 0 fully saturated rings. The van der Waals surface area contributed by atoms with E-state index in [1.807, 2.05) is 6.07 Å². The molecule has 0 aliphatic rings. The Balaban J connectivity index is 1.73. The van der Waals surface area contributed by atoms with E-state index in [2.05, 4.69) is 73.7 Å². The van der Waals surface area contributed by atoms with Gasteiger partial charge in [-0.1, -0.05) is 83.8 Å². The predicted octanol–water partition coefficient (Wildman–Crippen LogP) is 4.63. The van der Waals surface area contributed by atoms with Crippen LogP contribution in [0.4, 0.5) is 0 Å². The third-order valence-electron chi connectivity index (χ3n) is 4.43. The summed E-state index contributed by atoms with van der Waals surface area (Å²) in [7, 11) is 6.42. The minimum atomic E-state index is 0.920. The number of benzene rings is 3. The molecule has 0 bridgehead atoms. The summed E-state index contributed by atoms with van der Waals surface area (Å²) >= 11 is 0. The summed E-state index contributed by atoms with van der Waals surface area (Å²) in [6.07, 6.45) is 3.23. The van der Waals surface area contributed by atoms with Crippen LogP contribution in [0.25, 0.3) is 11.1 Å². The molecular weight excluding hydrogens is 275 g/mol. The van der Waals surface area contributed by atoms with E-state index in [-0.39, 0.29) is 0 Å². The third-order valence-corrected chi connectivity index (χ3v) is 4.43. The highest BCUT2D eigenvalue weighted by Gasteiger charge is 2.06. The van der Waals surface area contributed by atoms with Gasteiger partial charge in [-0.2, -0.15) is 0 Å². The van der Waals surface area contributed by atoms with Gasteiger partial charge in [-0.05, 0) is 48.4 Å². The molecule has 0 saturated heterocycles. The Bertz CT molecular complexity index is 775. The van der Waals surface area contributed by atoms with E-state index in [0.717, 1.165) is 30.3 Å². The van der Waals surface area contributed by atoms with Gasteiger partial charge in [0, 0.05) is 0 Å². The summed E-state index contributed by atoms with van der Waals surface area (Å²) < 4.78 is 0. The van der Waals surface area contributed by atoms with Crippen molar-refractivity contribution in [3.8, 4) is 11.1 Å². The van der Waals surface area contributed by atoms with Gasteiger partial charge >= 0.3 is 0 Å². The fraction of sp³-hybridized carbons (Fsp3) is 0.182. The van der Waals surface area contributed by atoms with Crippen LogP contribution in [0.15, 0.2) is 72.8 Å². The van der Waals surface area contributed by atoms with Crippen molar-refractivity contribution in [2.75, 3.05) is 0 Å². The summed E-state index contributed by atoms with van der Waals surface area (Å²) in [5, 5.41) is 0. The fourth-order valence-corrected chi connectivity index (χ4v) is 3.06.